The van der Waals surface area contributed by atoms with E-state index in [0.29, 0.717) is 5.75 Å². The normalized spacial score (nSPS) is 14.5. The van der Waals surface area contributed by atoms with Gasteiger partial charge >= 0.3 is 0 Å². The van der Waals surface area contributed by atoms with Gasteiger partial charge in [-0.25, -0.2) is 0 Å². The third-order valence-corrected chi connectivity index (χ3v) is 6.30. The van der Waals surface area contributed by atoms with Gasteiger partial charge in [0.15, 0.2) is 0 Å². The topological polar surface area (TPSA) is 33.1 Å². The van der Waals surface area contributed by atoms with Gasteiger partial charge in [-0.05, 0) is 44.1 Å². The maximum Gasteiger partial charge on any atom is 0.125 e. The molecule has 0 bridgehead atoms. The number of nitrogens with zero attached hydrogens (tertiary/aromatic N) is 1. The number of rotatable bonds is 0. The number of hydrogen-bond donors (Lipinski definition) is 1. The third-order valence-electron chi connectivity index (χ3n) is 6.30. The van der Waals surface area contributed by atoms with Crippen LogP contribution >= 0.6 is 0 Å². The van der Waals surface area contributed by atoms with E-state index in [1.807, 2.05) is 18.3 Å². The van der Waals surface area contributed by atoms with Crippen molar-refractivity contribution in [3.63, 3.8) is 0 Å². The van der Waals surface area contributed by atoms with Gasteiger partial charge in [-0.2, -0.15) is 0 Å². The summed E-state index contributed by atoms with van der Waals surface area (Å²) in [5.74, 6) is 0.312. The number of hydrogen-bond acceptors (Lipinski definition) is 2. The SMILES string of the molecule is CC1(C)c2c(ncc3ccccc23)-c2c(O)cc3ccc4ccccc4c3c21. The first-order valence-electron chi connectivity index (χ1n) is 9.64. The number of benzene rings is 4. The zero-order valence-electron chi connectivity index (χ0n) is 15.8. The van der Waals surface area contributed by atoms with Gasteiger partial charge in [0, 0.05) is 22.6 Å². The molecule has 6 rings (SSSR count). The molecular formula is C26H19NO. The van der Waals surface area contributed by atoms with E-state index in [2.05, 4.69) is 68.4 Å². The summed E-state index contributed by atoms with van der Waals surface area (Å²) in [7, 11) is 0. The van der Waals surface area contributed by atoms with Crippen molar-refractivity contribution in [1.82, 2.24) is 4.98 Å². The molecule has 0 radical (unpaired) electrons. The predicted octanol–water partition coefficient (Wildman–Crippen LogP) is 6.55. The number of fused-ring (bicyclic) bond motifs is 9. The average Bonchev–Trinajstić information content (AvgIpc) is 2.96. The Morgan fingerprint density at radius 1 is 0.750 bits per heavy atom. The van der Waals surface area contributed by atoms with Crippen molar-refractivity contribution >= 4 is 32.3 Å². The van der Waals surface area contributed by atoms with E-state index in [4.69, 9.17) is 4.98 Å². The predicted molar refractivity (Wildman–Crippen MR) is 116 cm³/mol. The molecule has 1 aromatic heterocycles. The van der Waals surface area contributed by atoms with Gasteiger partial charge in [0.1, 0.15) is 5.75 Å². The van der Waals surface area contributed by atoms with Gasteiger partial charge in [-0.3, -0.25) is 4.98 Å². The lowest BCUT2D eigenvalue weighted by Crippen LogP contribution is -2.16. The Morgan fingerprint density at radius 3 is 2.25 bits per heavy atom. The summed E-state index contributed by atoms with van der Waals surface area (Å²) >= 11 is 0. The third kappa shape index (κ3) is 1.80. The fourth-order valence-corrected chi connectivity index (χ4v) is 5.14. The highest BCUT2D eigenvalue weighted by atomic mass is 16.3. The quantitative estimate of drug-likeness (QED) is 0.317. The molecule has 134 valence electrons. The summed E-state index contributed by atoms with van der Waals surface area (Å²) in [6.07, 6.45) is 1.92. The highest BCUT2D eigenvalue weighted by Crippen LogP contribution is 2.56. The Balaban J connectivity index is 1.88. The Hall–Kier alpha value is -3.39. The van der Waals surface area contributed by atoms with Crippen molar-refractivity contribution in [2.75, 3.05) is 0 Å². The van der Waals surface area contributed by atoms with Gasteiger partial charge in [-0.1, -0.05) is 74.5 Å². The second-order valence-corrected chi connectivity index (χ2v) is 8.22. The Morgan fingerprint density at radius 2 is 1.43 bits per heavy atom. The van der Waals surface area contributed by atoms with Crippen molar-refractivity contribution in [2.45, 2.75) is 19.3 Å². The molecule has 4 aromatic carbocycles. The van der Waals surface area contributed by atoms with Crippen LogP contribution in [0.2, 0.25) is 0 Å². The van der Waals surface area contributed by atoms with Crippen molar-refractivity contribution in [3.8, 4) is 17.0 Å². The summed E-state index contributed by atoms with van der Waals surface area (Å²) in [6.45, 7) is 4.51. The summed E-state index contributed by atoms with van der Waals surface area (Å²) in [5.41, 5.74) is 3.91. The van der Waals surface area contributed by atoms with Crippen molar-refractivity contribution in [2.24, 2.45) is 0 Å². The first kappa shape index (κ1) is 15.6. The molecule has 28 heavy (non-hydrogen) atoms. The molecule has 2 heteroatoms. The minimum Gasteiger partial charge on any atom is -0.507 e. The molecule has 0 saturated carbocycles. The van der Waals surface area contributed by atoms with Crippen LogP contribution in [0.25, 0.3) is 43.6 Å². The Labute approximate surface area is 163 Å². The van der Waals surface area contributed by atoms with E-state index in [1.165, 1.54) is 32.7 Å². The first-order chi connectivity index (χ1) is 13.6. The largest absolute Gasteiger partial charge is 0.507 e. The van der Waals surface area contributed by atoms with Crippen molar-refractivity contribution in [3.05, 3.63) is 84.1 Å². The second-order valence-electron chi connectivity index (χ2n) is 8.22. The fourth-order valence-electron chi connectivity index (χ4n) is 5.14. The van der Waals surface area contributed by atoms with E-state index in [0.717, 1.165) is 22.0 Å². The van der Waals surface area contributed by atoms with Crippen LogP contribution in [0.15, 0.2) is 72.9 Å². The number of pyridine rings is 1. The number of aromatic hydroxyl groups is 1. The van der Waals surface area contributed by atoms with E-state index >= 15 is 0 Å². The molecule has 1 heterocycles. The fraction of sp³-hybridized carbons (Fsp3) is 0.115. The summed E-state index contributed by atoms with van der Waals surface area (Å²) in [6, 6.07) is 23.0. The van der Waals surface area contributed by atoms with E-state index < -0.39 is 0 Å². The molecule has 0 spiro atoms. The van der Waals surface area contributed by atoms with Gasteiger partial charge < -0.3 is 5.11 Å². The number of aromatic nitrogens is 1. The van der Waals surface area contributed by atoms with E-state index in [1.54, 1.807) is 0 Å². The zero-order chi connectivity index (χ0) is 19.0. The van der Waals surface area contributed by atoms with Crippen LogP contribution in [0.1, 0.15) is 25.0 Å². The van der Waals surface area contributed by atoms with Crippen LogP contribution in [0.4, 0.5) is 0 Å². The highest BCUT2D eigenvalue weighted by molar-refractivity contribution is 6.14. The molecule has 0 fully saturated rings. The minimum atomic E-state index is -0.264. The lowest BCUT2D eigenvalue weighted by molar-refractivity contribution is 0.477. The molecule has 1 N–H and O–H groups in total. The zero-order valence-corrected chi connectivity index (χ0v) is 15.8. The molecule has 0 saturated heterocycles. The molecule has 1 aliphatic carbocycles. The van der Waals surface area contributed by atoms with Gasteiger partial charge in [0.05, 0.1) is 5.69 Å². The molecule has 0 aliphatic heterocycles. The smallest absolute Gasteiger partial charge is 0.125 e. The number of phenolic OH excluding ortho intramolecular Hbond substituents is 1. The monoisotopic (exact) mass is 361 g/mol. The maximum atomic E-state index is 11.0. The van der Waals surface area contributed by atoms with Crippen LogP contribution in [0.5, 0.6) is 5.75 Å². The second kappa shape index (κ2) is 5.11. The van der Waals surface area contributed by atoms with E-state index in [9.17, 15) is 5.11 Å². The van der Waals surface area contributed by atoms with Crippen LogP contribution in [0, 0.1) is 0 Å². The van der Waals surface area contributed by atoms with Crippen LogP contribution in [0.3, 0.4) is 0 Å². The Kier molecular flexibility index (Phi) is 2.85. The first-order valence-corrected chi connectivity index (χ1v) is 9.64. The lowest BCUT2D eigenvalue weighted by Gasteiger charge is -2.25. The lowest BCUT2D eigenvalue weighted by atomic mass is 9.78. The molecule has 1 aliphatic rings. The Bertz CT molecular complexity index is 1450. The molecule has 0 atom stereocenters. The van der Waals surface area contributed by atoms with Gasteiger partial charge in [0.2, 0.25) is 0 Å². The summed E-state index contributed by atoms with van der Waals surface area (Å²) in [4.78, 5) is 4.81. The molecule has 0 unspecified atom stereocenters. The molecule has 0 amide bonds. The molecular weight excluding hydrogens is 342 g/mol. The van der Waals surface area contributed by atoms with Gasteiger partial charge in [0.25, 0.3) is 0 Å². The van der Waals surface area contributed by atoms with Crippen molar-refractivity contribution < 1.29 is 5.11 Å². The molecule has 5 aromatic rings. The minimum absolute atomic E-state index is 0.264. The van der Waals surface area contributed by atoms with Crippen LogP contribution in [-0.4, -0.2) is 10.1 Å². The van der Waals surface area contributed by atoms with Crippen LogP contribution < -0.4 is 0 Å². The van der Waals surface area contributed by atoms with Crippen molar-refractivity contribution in [1.29, 1.82) is 0 Å². The number of phenols is 1. The maximum absolute atomic E-state index is 11.0. The highest BCUT2D eigenvalue weighted by Gasteiger charge is 2.41. The summed E-state index contributed by atoms with van der Waals surface area (Å²) in [5, 5.41) is 18.1. The van der Waals surface area contributed by atoms with E-state index in [-0.39, 0.29) is 5.41 Å². The summed E-state index contributed by atoms with van der Waals surface area (Å²) < 4.78 is 0. The van der Waals surface area contributed by atoms with Crippen LogP contribution in [-0.2, 0) is 5.41 Å². The standard InChI is InChI=1S/C26H19NO/c1-26(2)23-19-10-6-4-8-17(19)14-27-25(23)22-20(28)13-16-12-11-15-7-3-5-9-18(15)21(16)24(22)26/h3-14,28H,1-2H3. The molecule has 2 nitrogen and oxygen atoms in total. The average molecular weight is 361 g/mol. The van der Waals surface area contributed by atoms with Gasteiger partial charge in [-0.15, -0.1) is 0 Å².